The second-order valence-corrected chi connectivity index (χ2v) is 5.79. The van der Waals surface area contributed by atoms with E-state index >= 15 is 0 Å². The molecule has 1 aliphatic carbocycles. The molecule has 0 atom stereocenters. The van der Waals surface area contributed by atoms with Crippen molar-refractivity contribution in [1.82, 2.24) is 5.32 Å². The maximum absolute atomic E-state index is 5.62. The van der Waals surface area contributed by atoms with Crippen LogP contribution in [-0.4, -0.2) is 25.8 Å². The molecule has 102 valence electrons. The Kier molecular flexibility index (Phi) is 8.72. The zero-order valence-corrected chi connectivity index (χ0v) is 11.8. The molecule has 1 fully saturated rings. The minimum absolute atomic E-state index is 0.817. The largest absolute Gasteiger partial charge is 0.381 e. The number of rotatable bonds is 12. The fourth-order valence-electron chi connectivity index (χ4n) is 1.97. The van der Waals surface area contributed by atoms with Gasteiger partial charge in [-0.15, -0.1) is 0 Å². The summed E-state index contributed by atoms with van der Waals surface area (Å²) in [5, 5.41) is 3.55. The maximum Gasteiger partial charge on any atom is 0.0466 e. The zero-order valence-electron chi connectivity index (χ0n) is 11.8. The molecular weight excluding hydrogens is 210 g/mol. The lowest BCUT2D eigenvalue weighted by Gasteiger charge is -2.06. The molecule has 1 saturated carbocycles. The van der Waals surface area contributed by atoms with Crippen LogP contribution in [0.2, 0.25) is 0 Å². The highest BCUT2D eigenvalue weighted by Crippen LogP contribution is 2.18. The summed E-state index contributed by atoms with van der Waals surface area (Å²) in [7, 11) is 0. The third-order valence-electron chi connectivity index (χ3n) is 3.30. The van der Waals surface area contributed by atoms with Gasteiger partial charge in [0.1, 0.15) is 0 Å². The van der Waals surface area contributed by atoms with Crippen LogP contribution in [0.4, 0.5) is 0 Å². The average Bonchev–Trinajstić information content (AvgIpc) is 3.09. The van der Waals surface area contributed by atoms with Gasteiger partial charge in [0.25, 0.3) is 0 Å². The van der Waals surface area contributed by atoms with Gasteiger partial charge in [-0.1, -0.05) is 26.7 Å². The number of unbranched alkanes of at least 4 members (excludes halogenated alkanes) is 3. The quantitative estimate of drug-likeness (QED) is 0.525. The monoisotopic (exact) mass is 241 g/mol. The molecule has 0 aromatic rings. The summed E-state index contributed by atoms with van der Waals surface area (Å²) in [6, 6.07) is 0.874. The van der Waals surface area contributed by atoms with Gasteiger partial charge in [0, 0.05) is 19.3 Å². The molecule has 1 rings (SSSR count). The molecule has 0 aliphatic heterocycles. The van der Waals surface area contributed by atoms with Crippen LogP contribution in [0, 0.1) is 5.92 Å². The predicted octanol–water partition coefficient (Wildman–Crippen LogP) is 3.75. The second-order valence-electron chi connectivity index (χ2n) is 5.79. The fourth-order valence-corrected chi connectivity index (χ4v) is 1.97. The van der Waals surface area contributed by atoms with Gasteiger partial charge in [-0.3, -0.25) is 0 Å². The molecule has 1 aliphatic rings. The summed E-state index contributed by atoms with van der Waals surface area (Å²) in [6.07, 6.45) is 10.6. The molecule has 0 spiro atoms. The summed E-state index contributed by atoms with van der Waals surface area (Å²) in [5.74, 6) is 0.817. The molecule has 1 N–H and O–H groups in total. The summed E-state index contributed by atoms with van der Waals surface area (Å²) < 4.78 is 5.62. The van der Waals surface area contributed by atoms with E-state index in [0.29, 0.717) is 0 Å². The first kappa shape index (κ1) is 15.0. The first-order chi connectivity index (χ1) is 8.29. The van der Waals surface area contributed by atoms with Crippen LogP contribution in [-0.2, 0) is 4.74 Å². The van der Waals surface area contributed by atoms with Crippen LogP contribution < -0.4 is 5.32 Å². The Morgan fingerprint density at radius 2 is 1.71 bits per heavy atom. The van der Waals surface area contributed by atoms with E-state index in [4.69, 9.17) is 4.74 Å². The van der Waals surface area contributed by atoms with Crippen LogP contribution in [0.15, 0.2) is 0 Å². The average molecular weight is 241 g/mol. The molecule has 0 saturated heterocycles. The molecule has 0 aromatic carbocycles. The number of ether oxygens (including phenoxy) is 1. The van der Waals surface area contributed by atoms with Crippen molar-refractivity contribution in [2.24, 2.45) is 5.92 Å². The van der Waals surface area contributed by atoms with Crippen molar-refractivity contribution >= 4 is 0 Å². The van der Waals surface area contributed by atoms with E-state index in [1.54, 1.807) is 0 Å². The van der Waals surface area contributed by atoms with E-state index in [1.165, 1.54) is 57.9 Å². The third-order valence-corrected chi connectivity index (χ3v) is 3.30. The summed E-state index contributed by atoms with van der Waals surface area (Å²) in [4.78, 5) is 0. The topological polar surface area (TPSA) is 21.3 Å². The highest BCUT2D eigenvalue weighted by atomic mass is 16.5. The highest BCUT2D eigenvalue weighted by molar-refractivity contribution is 4.80. The molecule has 0 amide bonds. The van der Waals surface area contributed by atoms with Crippen molar-refractivity contribution in [2.45, 2.75) is 71.3 Å². The summed E-state index contributed by atoms with van der Waals surface area (Å²) >= 11 is 0. The Labute approximate surface area is 108 Å². The minimum Gasteiger partial charge on any atom is -0.381 e. The Morgan fingerprint density at radius 3 is 2.41 bits per heavy atom. The molecule has 0 bridgehead atoms. The Bertz CT molecular complexity index is 156. The Hall–Kier alpha value is -0.0800. The fraction of sp³-hybridized carbons (Fsp3) is 1.00. The number of hydrogen-bond donors (Lipinski definition) is 1. The lowest BCUT2D eigenvalue weighted by atomic mass is 10.1. The van der Waals surface area contributed by atoms with E-state index in [1.807, 2.05) is 0 Å². The van der Waals surface area contributed by atoms with Crippen LogP contribution >= 0.6 is 0 Å². The van der Waals surface area contributed by atoms with Crippen LogP contribution in [0.3, 0.4) is 0 Å². The second kappa shape index (κ2) is 9.90. The lowest BCUT2D eigenvalue weighted by molar-refractivity contribution is 0.124. The van der Waals surface area contributed by atoms with E-state index in [-0.39, 0.29) is 0 Å². The zero-order chi connectivity index (χ0) is 12.3. The van der Waals surface area contributed by atoms with Gasteiger partial charge in [-0.2, -0.15) is 0 Å². The van der Waals surface area contributed by atoms with E-state index in [2.05, 4.69) is 19.2 Å². The molecule has 0 radical (unpaired) electrons. The van der Waals surface area contributed by atoms with Gasteiger partial charge in [-0.05, 0) is 51.0 Å². The highest BCUT2D eigenvalue weighted by Gasteiger charge is 2.19. The van der Waals surface area contributed by atoms with Gasteiger partial charge in [0.15, 0.2) is 0 Å². The molecule has 2 heteroatoms. The number of hydrogen-bond acceptors (Lipinski definition) is 2. The van der Waals surface area contributed by atoms with Gasteiger partial charge in [0.2, 0.25) is 0 Å². The van der Waals surface area contributed by atoms with Gasteiger partial charge in [0.05, 0.1) is 0 Å². The van der Waals surface area contributed by atoms with Crippen LogP contribution in [0.25, 0.3) is 0 Å². The van der Waals surface area contributed by atoms with Crippen molar-refractivity contribution in [3.8, 4) is 0 Å². The smallest absolute Gasteiger partial charge is 0.0466 e. The van der Waals surface area contributed by atoms with Crippen LogP contribution in [0.5, 0.6) is 0 Å². The van der Waals surface area contributed by atoms with Crippen molar-refractivity contribution in [3.63, 3.8) is 0 Å². The molecule has 17 heavy (non-hydrogen) atoms. The Balaban J connectivity index is 1.63. The first-order valence-electron chi connectivity index (χ1n) is 7.60. The normalized spacial score (nSPS) is 15.7. The molecule has 0 aromatic heterocycles. The molecule has 0 unspecified atom stereocenters. The summed E-state index contributed by atoms with van der Waals surface area (Å²) in [5.41, 5.74) is 0. The van der Waals surface area contributed by atoms with Gasteiger partial charge in [-0.25, -0.2) is 0 Å². The standard InChI is InChI=1S/C15H31NO/c1-14(2)8-7-13-17-12-6-4-3-5-11-16-15-9-10-15/h14-16H,3-13H2,1-2H3. The van der Waals surface area contributed by atoms with Crippen molar-refractivity contribution in [3.05, 3.63) is 0 Å². The maximum atomic E-state index is 5.62. The minimum atomic E-state index is 0.817. The van der Waals surface area contributed by atoms with Gasteiger partial charge >= 0.3 is 0 Å². The lowest BCUT2D eigenvalue weighted by Crippen LogP contribution is -2.17. The van der Waals surface area contributed by atoms with E-state index in [9.17, 15) is 0 Å². The first-order valence-corrected chi connectivity index (χ1v) is 7.60. The van der Waals surface area contributed by atoms with Crippen molar-refractivity contribution in [1.29, 1.82) is 0 Å². The number of nitrogens with one attached hydrogen (secondary N) is 1. The van der Waals surface area contributed by atoms with E-state index in [0.717, 1.165) is 25.2 Å². The van der Waals surface area contributed by atoms with Gasteiger partial charge < -0.3 is 10.1 Å². The van der Waals surface area contributed by atoms with Crippen molar-refractivity contribution in [2.75, 3.05) is 19.8 Å². The van der Waals surface area contributed by atoms with E-state index < -0.39 is 0 Å². The summed E-state index contributed by atoms with van der Waals surface area (Å²) in [6.45, 7) is 7.70. The van der Waals surface area contributed by atoms with Crippen LogP contribution in [0.1, 0.15) is 65.2 Å². The Morgan fingerprint density at radius 1 is 1.00 bits per heavy atom. The third kappa shape index (κ3) is 10.8. The predicted molar refractivity (Wildman–Crippen MR) is 74.4 cm³/mol. The SMILES string of the molecule is CC(C)CCCOCCCCCCNC1CC1. The molecular formula is C15H31NO. The van der Waals surface area contributed by atoms with Crippen molar-refractivity contribution < 1.29 is 4.74 Å². The molecule has 0 heterocycles. The molecule has 2 nitrogen and oxygen atoms in total.